The molecule has 2 atom stereocenters. The molecule has 4 rings (SSSR count). The second kappa shape index (κ2) is 5.57. The average molecular weight is 294 g/mol. The minimum atomic E-state index is 0. The van der Waals surface area contributed by atoms with E-state index in [1.54, 1.807) is 0 Å². The fourth-order valence-corrected chi connectivity index (χ4v) is 4.80. The fourth-order valence-electron chi connectivity index (χ4n) is 4.80. The first-order valence-electron chi connectivity index (χ1n) is 7.91. The predicted octanol–water partition coefficient (Wildman–Crippen LogP) is 3.86. The number of phenols is 1. The van der Waals surface area contributed by atoms with Crippen molar-refractivity contribution < 1.29 is 5.11 Å². The number of aromatic hydroxyl groups is 1. The molecule has 1 saturated heterocycles. The van der Waals surface area contributed by atoms with Crippen molar-refractivity contribution >= 4 is 12.4 Å². The zero-order valence-corrected chi connectivity index (χ0v) is 12.7. The first-order valence-corrected chi connectivity index (χ1v) is 7.91. The Labute approximate surface area is 127 Å². The van der Waals surface area contributed by atoms with Crippen molar-refractivity contribution in [3.8, 4) is 5.75 Å². The van der Waals surface area contributed by atoms with Crippen molar-refractivity contribution in [1.29, 1.82) is 0 Å². The quantitative estimate of drug-likeness (QED) is 0.850. The lowest BCUT2D eigenvalue weighted by Gasteiger charge is -2.36. The van der Waals surface area contributed by atoms with Gasteiger partial charge in [-0.25, -0.2) is 0 Å². The number of rotatable bonds is 1. The molecule has 1 saturated carbocycles. The Balaban J connectivity index is 0.00000121. The van der Waals surface area contributed by atoms with E-state index in [1.807, 2.05) is 12.1 Å². The normalized spacial score (nSPS) is 29.8. The molecule has 110 valence electrons. The minimum Gasteiger partial charge on any atom is -0.508 e. The van der Waals surface area contributed by atoms with Crippen molar-refractivity contribution in [3.63, 3.8) is 0 Å². The van der Waals surface area contributed by atoms with E-state index in [0.29, 0.717) is 11.7 Å². The Morgan fingerprint density at radius 1 is 1.05 bits per heavy atom. The van der Waals surface area contributed by atoms with Gasteiger partial charge in [0, 0.05) is 18.0 Å². The largest absolute Gasteiger partial charge is 0.508 e. The number of hydrogen-bond donors (Lipinski definition) is 1. The summed E-state index contributed by atoms with van der Waals surface area (Å²) in [6, 6.07) is 7.73. The van der Waals surface area contributed by atoms with Gasteiger partial charge < -0.3 is 5.11 Å². The van der Waals surface area contributed by atoms with Crippen LogP contribution in [0.1, 0.15) is 55.6 Å². The van der Waals surface area contributed by atoms with Gasteiger partial charge in [-0.05, 0) is 55.8 Å². The van der Waals surface area contributed by atoms with Crippen LogP contribution in [0.3, 0.4) is 0 Å². The zero-order valence-electron chi connectivity index (χ0n) is 11.9. The highest BCUT2D eigenvalue weighted by Gasteiger charge is 2.42. The fraction of sp³-hybridized carbons (Fsp3) is 0.647. The van der Waals surface area contributed by atoms with Crippen LogP contribution in [0.25, 0.3) is 0 Å². The highest BCUT2D eigenvalue weighted by atomic mass is 35.5. The number of hydrogen-bond acceptors (Lipinski definition) is 2. The van der Waals surface area contributed by atoms with Gasteiger partial charge in [0.1, 0.15) is 5.75 Å². The van der Waals surface area contributed by atoms with Crippen LogP contribution in [0.15, 0.2) is 18.2 Å². The van der Waals surface area contributed by atoms with Gasteiger partial charge in [0.2, 0.25) is 0 Å². The SMILES string of the molecule is Cl.Oc1cccc2c1CC[C@@H]1[C@H]2CCN1C1CCCC1. The van der Waals surface area contributed by atoms with Crippen molar-refractivity contribution in [2.45, 2.75) is 62.9 Å². The standard InChI is InChI=1S/C17H23NO.ClH/c19-17-7-3-6-13-14-10-11-18(12-4-1-2-5-12)16(14)9-8-15(13)17;/h3,6-7,12,14,16,19H,1-2,4-5,8-11H2;1H/t14-,16+;/m0./s1. The van der Waals surface area contributed by atoms with Gasteiger partial charge >= 0.3 is 0 Å². The highest BCUT2D eigenvalue weighted by molar-refractivity contribution is 5.85. The molecule has 20 heavy (non-hydrogen) atoms. The van der Waals surface area contributed by atoms with Gasteiger partial charge in [-0.3, -0.25) is 4.90 Å². The smallest absolute Gasteiger partial charge is 0.119 e. The predicted molar refractivity (Wildman–Crippen MR) is 83.8 cm³/mol. The number of likely N-dealkylation sites (tertiary alicyclic amines) is 1. The van der Waals surface area contributed by atoms with E-state index in [9.17, 15) is 5.11 Å². The maximum absolute atomic E-state index is 10.0. The van der Waals surface area contributed by atoms with Gasteiger partial charge in [-0.2, -0.15) is 0 Å². The second-order valence-corrected chi connectivity index (χ2v) is 6.52. The zero-order chi connectivity index (χ0) is 12.8. The first-order chi connectivity index (χ1) is 9.34. The third-order valence-electron chi connectivity index (χ3n) is 5.66. The molecular formula is C17H24ClNO. The lowest BCUT2D eigenvalue weighted by molar-refractivity contribution is 0.163. The maximum atomic E-state index is 10.0. The topological polar surface area (TPSA) is 23.5 Å². The van der Waals surface area contributed by atoms with Crippen LogP contribution >= 0.6 is 12.4 Å². The lowest BCUT2D eigenvalue weighted by atomic mass is 9.79. The number of benzene rings is 1. The molecule has 0 spiro atoms. The van der Waals surface area contributed by atoms with Crippen LogP contribution in [0, 0.1) is 0 Å². The summed E-state index contributed by atoms with van der Waals surface area (Å²) in [5, 5.41) is 10.0. The third kappa shape index (κ3) is 2.14. The molecular weight excluding hydrogens is 270 g/mol. The van der Waals surface area contributed by atoms with Gasteiger partial charge in [-0.15, -0.1) is 12.4 Å². The summed E-state index contributed by atoms with van der Waals surface area (Å²) in [6.07, 6.45) is 9.27. The molecule has 1 heterocycles. The summed E-state index contributed by atoms with van der Waals surface area (Å²) < 4.78 is 0. The van der Waals surface area contributed by atoms with Gasteiger partial charge in [0.15, 0.2) is 0 Å². The van der Waals surface area contributed by atoms with E-state index < -0.39 is 0 Å². The Morgan fingerprint density at radius 3 is 2.65 bits per heavy atom. The monoisotopic (exact) mass is 293 g/mol. The summed E-state index contributed by atoms with van der Waals surface area (Å²) in [4.78, 5) is 2.81. The molecule has 0 unspecified atom stereocenters. The van der Waals surface area contributed by atoms with Crippen LogP contribution in [0.5, 0.6) is 5.75 Å². The summed E-state index contributed by atoms with van der Waals surface area (Å²) >= 11 is 0. The first kappa shape index (κ1) is 14.2. The number of phenolic OH excluding ortho intramolecular Hbond substituents is 1. The van der Waals surface area contributed by atoms with E-state index >= 15 is 0 Å². The molecule has 1 aromatic carbocycles. The molecule has 0 amide bonds. The molecule has 0 aromatic heterocycles. The maximum Gasteiger partial charge on any atom is 0.119 e. The van der Waals surface area contributed by atoms with Gasteiger partial charge in [0.25, 0.3) is 0 Å². The van der Waals surface area contributed by atoms with E-state index in [4.69, 9.17) is 0 Å². The summed E-state index contributed by atoms with van der Waals surface area (Å²) in [5.41, 5.74) is 2.67. The van der Waals surface area contributed by atoms with Crippen LogP contribution in [0.4, 0.5) is 0 Å². The molecule has 2 aliphatic carbocycles. The third-order valence-corrected chi connectivity index (χ3v) is 5.66. The summed E-state index contributed by atoms with van der Waals surface area (Å²) in [7, 11) is 0. The second-order valence-electron chi connectivity index (χ2n) is 6.52. The Morgan fingerprint density at radius 2 is 1.85 bits per heavy atom. The molecule has 3 heteroatoms. The lowest BCUT2D eigenvalue weighted by Crippen LogP contribution is -2.40. The van der Waals surface area contributed by atoms with E-state index in [1.165, 1.54) is 56.2 Å². The molecule has 0 radical (unpaired) electrons. The molecule has 1 aromatic rings. The van der Waals surface area contributed by atoms with Crippen LogP contribution in [0.2, 0.25) is 0 Å². The number of nitrogens with zero attached hydrogens (tertiary/aromatic N) is 1. The average Bonchev–Trinajstić information content (AvgIpc) is 3.07. The van der Waals surface area contributed by atoms with E-state index in [0.717, 1.165) is 18.5 Å². The van der Waals surface area contributed by atoms with Gasteiger partial charge in [-0.1, -0.05) is 25.0 Å². The van der Waals surface area contributed by atoms with E-state index in [-0.39, 0.29) is 12.4 Å². The van der Waals surface area contributed by atoms with Crippen molar-refractivity contribution in [2.75, 3.05) is 6.54 Å². The molecule has 3 aliphatic rings. The molecule has 1 N–H and O–H groups in total. The molecule has 2 nitrogen and oxygen atoms in total. The van der Waals surface area contributed by atoms with Crippen LogP contribution < -0.4 is 0 Å². The minimum absolute atomic E-state index is 0. The Kier molecular flexibility index (Phi) is 3.96. The van der Waals surface area contributed by atoms with Crippen molar-refractivity contribution in [3.05, 3.63) is 29.3 Å². The highest BCUT2D eigenvalue weighted by Crippen LogP contribution is 2.45. The Bertz CT molecular complexity index is 484. The molecule has 0 bridgehead atoms. The van der Waals surface area contributed by atoms with E-state index in [2.05, 4.69) is 11.0 Å². The van der Waals surface area contributed by atoms with Crippen molar-refractivity contribution in [2.24, 2.45) is 0 Å². The summed E-state index contributed by atoms with van der Waals surface area (Å²) in [6.45, 7) is 1.27. The number of halogens is 1. The van der Waals surface area contributed by atoms with Crippen molar-refractivity contribution in [1.82, 2.24) is 4.90 Å². The van der Waals surface area contributed by atoms with Crippen LogP contribution in [-0.4, -0.2) is 28.6 Å². The molecule has 2 fully saturated rings. The van der Waals surface area contributed by atoms with Crippen LogP contribution in [-0.2, 0) is 6.42 Å². The van der Waals surface area contributed by atoms with Gasteiger partial charge in [0.05, 0.1) is 0 Å². The molecule has 1 aliphatic heterocycles. The summed E-state index contributed by atoms with van der Waals surface area (Å²) in [5.74, 6) is 1.20. The Hall–Kier alpha value is -0.730. The number of fused-ring (bicyclic) bond motifs is 3.